The van der Waals surface area contributed by atoms with Crippen LogP contribution in [0.3, 0.4) is 0 Å². The van der Waals surface area contributed by atoms with Gasteiger partial charge in [0.1, 0.15) is 17.9 Å². The molecule has 4 unspecified atom stereocenters. The van der Waals surface area contributed by atoms with Crippen LogP contribution in [0.15, 0.2) is 0 Å². The maximum atomic E-state index is 9.95. The zero-order valence-corrected chi connectivity index (χ0v) is 7.46. The van der Waals surface area contributed by atoms with Crippen molar-refractivity contribution in [2.45, 2.75) is 42.9 Å². The quantitative estimate of drug-likeness (QED) is 0.350. The number of aliphatic hydroxyl groups is 4. The Labute approximate surface area is 76.2 Å². The summed E-state index contributed by atoms with van der Waals surface area (Å²) in [4.78, 5) is 1.55. The third kappa shape index (κ3) is 0.992. The van der Waals surface area contributed by atoms with Gasteiger partial charge in [0, 0.05) is 6.04 Å². The first-order valence-corrected chi connectivity index (χ1v) is 4.48. The Kier molecular flexibility index (Phi) is 1.91. The normalized spacial score (nSPS) is 57.0. The Hall–Kier alpha value is -0.200. The summed E-state index contributed by atoms with van der Waals surface area (Å²) in [6, 6.07) is -0.247. The molecule has 5 heteroatoms. The van der Waals surface area contributed by atoms with Gasteiger partial charge < -0.3 is 20.4 Å². The molecular weight excluding hydrogens is 174 g/mol. The minimum absolute atomic E-state index is 0.247. The van der Waals surface area contributed by atoms with Crippen LogP contribution >= 0.6 is 0 Å². The molecule has 2 bridgehead atoms. The van der Waals surface area contributed by atoms with Crippen molar-refractivity contribution in [2.75, 3.05) is 7.05 Å². The van der Waals surface area contributed by atoms with Gasteiger partial charge in [-0.05, 0) is 19.9 Å². The molecule has 76 valence electrons. The van der Waals surface area contributed by atoms with Crippen molar-refractivity contribution in [3.8, 4) is 0 Å². The molecule has 0 spiro atoms. The monoisotopic (exact) mass is 189 g/mol. The van der Waals surface area contributed by atoms with E-state index in [4.69, 9.17) is 0 Å². The van der Waals surface area contributed by atoms with E-state index in [1.54, 1.807) is 11.9 Å². The van der Waals surface area contributed by atoms with E-state index in [1.165, 1.54) is 0 Å². The molecule has 2 saturated heterocycles. The molecule has 5 nitrogen and oxygen atoms in total. The van der Waals surface area contributed by atoms with Crippen molar-refractivity contribution in [2.24, 2.45) is 0 Å². The minimum Gasteiger partial charge on any atom is -0.389 e. The van der Waals surface area contributed by atoms with Crippen LogP contribution < -0.4 is 0 Å². The van der Waals surface area contributed by atoms with Crippen LogP contribution in [0.4, 0.5) is 0 Å². The van der Waals surface area contributed by atoms with Crippen molar-refractivity contribution in [3.63, 3.8) is 0 Å². The van der Waals surface area contributed by atoms with Crippen LogP contribution in [-0.2, 0) is 0 Å². The molecule has 0 amide bonds. The summed E-state index contributed by atoms with van der Waals surface area (Å²) in [6.07, 6.45) is -2.51. The van der Waals surface area contributed by atoms with Gasteiger partial charge in [0.05, 0.1) is 6.10 Å². The Bertz CT molecular complexity index is 222. The molecule has 2 fully saturated rings. The second-order valence-electron chi connectivity index (χ2n) is 4.02. The smallest absolute Gasteiger partial charge is 0.147 e. The second kappa shape index (κ2) is 2.65. The van der Waals surface area contributed by atoms with Gasteiger partial charge >= 0.3 is 0 Å². The fourth-order valence-electron chi connectivity index (χ4n) is 2.46. The SMILES string of the molecule is CN1C2CCC1(O)[C@H](O)C(O)C2O. The molecule has 4 N–H and O–H groups in total. The van der Waals surface area contributed by atoms with Crippen LogP contribution in [-0.4, -0.2) is 62.5 Å². The van der Waals surface area contributed by atoms with E-state index in [0.29, 0.717) is 12.8 Å². The summed E-state index contributed by atoms with van der Waals surface area (Å²) >= 11 is 0. The van der Waals surface area contributed by atoms with Gasteiger partial charge in [0.2, 0.25) is 0 Å². The predicted octanol–water partition coefficient (Wildman–Crippen LogP) is -2.13. The number of hydrogen-bond acceptors (Lipinski definition) is 5. The molecule has 2 aliphatic rings. The molecule has 0 aliphatic carbocycles. The van der Waals surface area contributed by atoms with Gasteiger partial charge in [-0.1, -0.05) is 0 Å². The summed E-state index contributed by atoms with van der Waals surface area (Å²) in [5.74, 6) is 0. The summed E-state index contributed by atoms with van der Waals surface area (Å²) in [5.41, 5.74) is -1.36. The van der Waals surface area contributed by atoms with E-state index in [2.05, 4.69) is 0 Å². The number of aliphatic hydroxyl groups excluding tert-OH is 3. The van der Waals surface area contributed by atoms with Gasteiger partial charge in [-0.25, -0.2) is 0 Å². The summed E-state index contributed by atoms with van der Waals surface area (Å²) < 4.78 is 0. The third-order valence-corrected chi connectivity index (χ3v) is 3.46. The highest BCUT2D eigenvalue weighted by Crippen LogP contribution is 2.41. The largest absolute Gasteiger partial charge is 0.389 e. The molecule has 0 aromatic heterocycles. The molecule has 2 aliphatic heterocycles. The van der Waals surface area contributed by atoms with Gasteiger partial charge in [0.25, 0.3) is 0 Å². The zero-order valence-electron chi connectivity index (χ0n) is 7.46. The second-order valence-corrected chi connectivity index (χ2v) is 4.02. The minimum atomic E-state index is -1.36. The standard InChI is InChI=1S/C8H15NO4/c1-9-4-2-3-8(9,13)7(12)6(11)5(4)10/h4-7,10-13H,2-3H2,1H3/t4?,5?,6?,7-,8?/m1/s1. The first-order chi connectivity index (χ1) is 5.98. The molecule has 0 radical (unpaired) electrons. The highest BCUT2D eigenvalue weighted by Gasteiger charge is 2.58. The van der Waals surface area contributed by atoms with Crippen LogP contribution in [0.5, 0.6) is 0 Å². The average molecular weight is 189 g/mol. The fraction of sp³-hybridized carbons (Fsp3) is 1.00. The van der Waals surface area contributed by atoms with Crippen molar-refractivity contribution in [1.29, 1.82) is 0 Å². The van der Waals surface area contributed by atoms with E-state index in [1.807, 2.05) is 0 Å². The van der Waals surface area contributed by atoms with E-state index >= 15 is 0 Å². The molecule has 5 atom stereocenters. The van der Waals surface area contributed by atoms with Crippen LogP contribution in [0.25, 0.3) is 0 Å². The molecule has 0 saturated carbocycles. The number of piperidine rings is 1. The van der Waals surface area contributed by atoms with Crippen LogP contribution in [0, 0.1) is 0 Å². The number of rotatable bonds is 0. The lowest BCUT2D eigenvalue weighted by atomic mass is 9.92. The van der Waals surface area contributed by atoms with Crippen LogP contribution in [0.1, 0.15) is 12.8 Å². The molecule has 0 aromatic carbocycles. The molecule has 0 aromatic rings. The Balaban J connectivity index is 2.34. The number of hydrogen-bond donors (Lipinski definition) is 4. The maximum Gasteiger partial charge on any atom is 0.147 e. The molecule has 13 heavy (non-hydrogen) atoms. The lowest BCUT2D eigenvalue weighted by molar-refractivity contribution is -0.243. The van der Waals surface area contributed by atoms with Gasteiger partial charge in [-0.3, -0.25) is 4.90 Å². The number of likely N-dealkylation sites (N-methyl/N-ethyl adjacent to an activating group) is 1. The third-order valence-electron chi connectivity index (χ3n) is 3.46. The predicted molar refractivity (Wildman–Crippen MR) is 43.8 cm³/mol. The van der Waals surface area contributed by atoms with Crippen molar-refractivity contribution >= 4 is 0 Å². The molecule has 2 rings (SSSR count). The average Bonchev–Trinajstić information content (AvgIpc) is 2.37. The summed E-state index contributed by atoms with van der Waals surface area (Å²) in [5, 5.41) is 38.5. The van der Waals surface area contributed by atoms with Gasteiger partial charge in [-0.2, -0.15) is 0 Å². The van der Waals surface area contributed by atoms with Crippen molar-refractivity contribution < 1.29 is 20.4 Å². The van der Waals surface area contributed by atoms with Gasteiger partial charge in [-0.15, -0.1) is 0 Å². The van der Waals surface area contributed by atoms with Crippen molar-refractivity contribution in [3.05, 3.63) is 0 Å². The first-order valence-electron chi connectivity index (χ1n) is 4.48. The number of fused-ring (bicyclic) bond motifs is 2. The Morgan fingerprint density at radius 3 is 2.46 bits per heavy atom. The maximum absolute atomic E-state index is 9.95. The summed E-state index contributed by atoms with van der Waals surface area (Å²) in [7, 11) is 1.65. The Morgan fingerprint density at radius 1 is 1.23 bits per heavy atom. The lowest BCUT2D eigenvalue weighted by Crippen LogP contribution is -2.67. The van der Waals surface area contributed by atoms with E-state index in [9.17, 15) is 20.4 Å². The Morgan fingerprint density at radius 2 is 1.85 bits per heavy atom. The summed E-state index contributed by atoms with van der Waals surface area (Å²) in [6.45, 7) is 0. The number of nitrogens with zero attached hydrogens (tertiary/aromatic N) is 1. The fourth-order valence-corrected chi connectivity index (χ4v) is 2.46. The van der Waals surface area contributed by atoms with E-state index in [-0.39, 0.29) is 6.04 Å². The van der Waals surface area contributed by atoms with E-state index < -0.39 is 24.0 Å². The van der Waals surface area contributed by atoms with Crippen LogP contribution in [0.2, 0.25) is 0 Å². The molecule has 2 heterocycles. The lowest BCUT2D eigenvalue weighted by Gasteiger charge is -2.46. The molecular formula is C8H15NO4. The highest BCUT2D eigenvalue weighted by molar-refractivity contribution is 5.08. The zero-order chi connectivity index (χ0) is 9.80. The van der Waals surface area contributed by atoms with Crippen molar-refractivity contribution in [1.82, 2.24) is 4.90 Å². The van der Waals surface area contributed by atoms with Gasteiger partial charge in [0.15, 0.2) is 0 Å². The topological polar surface area (TPSA) is 84.2 Å². The highest BCUT2D eigenvalue weighted by atomic mass is 16.4. The first kappa shape index (κ1) is 9.36. The van der Waals surface area contributed by atoms with E-state index in [0.717, 1.165) is 0 Å².